The monoisotopic (exact) mass is 263 g/mol. The third kappa shape index (κ3) is 4.65. The molecule has 0 saturated heterocycles. The average molecular weight is 263 g/mol. The smallest absolute Gasteiger partial charge is 0.241 e. The number of carbonyl (C=O) groups is 1. The zero-order valence-corrected chi connectivity index (χ0v) is 12.1. The van der Waals surface area contributed by atoms with Gasteiger partial charge in [0.15, 0.2) is 0 Å². The maximum atomic E-state index is 12.2. The van der Waals surface area contributed by atoms with Crippen LogP contribution in [0.15, 0.2) is 24.3 Å². The highest BCUT2D eigenvalue weighted by Gasteiger charge is 2.19. The fourth-order valence-electron chi connectivity index (χ4n) is 2.10. The van der Waals surface area contributed by atoms with E-state index in [0.717, 1.165) is 30.8 Å². The minimum Gasteiger partial charge on any atom is -0.326 e. The number of carbonyl (C=O) groups excluding carboxylic acids is 1. The number of hydrogen-bond donors (Lipinski definition) is 2. The van der Waals surface area contributed by atoms with E-state index in [1.807, 2.05) is 31.2 Å². The summed E-state index contributed by atoms with van der Waals surface area (Å²) >= 11 is 0. The predicted octanol–water partition coefficient (Wildman–Crippen LogP) is 2.20. The highest BCUT2D eigenvalue weighted by Crippen LogP contribution is 2.11. The summed E-state index contributed by atoms with van der Waals surface area (Å²) in [5.41, 5.74) is 7.43. The van der Waals surface area contributed by atoms with Gasteiger partial charge in [-0.05, 0) is 44.1 Å². The summed E-state index contributed by atoms with van der Waals surface area (Å²) in [5.74, 6) is 0.0319. The molecule has 4 nitrogen and oxygen atoms in total. The molecule has 0 aliphatic rings. The minimum absolute atomic E-state index is 0.0319. The maximum Gasteiger partial charge on any atom is 0.241 e. The van der Waals surface area contributed by atoms with Crippen molar-refractivity contribution in [3.63, 3.8) is 0 Å². The van der Waals surface area contributed by atoms with Crippen LogP contribution in [-0.4, -0.2) is 29.9 Å². The first kappa shape index (κ1) is 15.7. The highest BCUT2D eigenvalue weighted by atomic mass is 16.2. The summed E-state index contributed by atoms with van der Waals surface area (Å²) in [5, 5.41) is 2.95. The van der Waals surface area contributed by atoms with Crippen molar-refractivity contribution in [1.82, 2.24) is 4.90 Å². The van der Waals surface area contributed by atoms with E-state index in [1.165, 1.54) is 0 Å². The number of rotatable bonds is 7. The molecule has 0 aromatic heterocycles. The van der Waals surface area contributed by atoms with Gasteiger partial charge in [-0.1, -0.05) is 26.0 Å². The van der Waals surface area contributed by atoms with Crippen molar-refractivity contribution < 1.29 is 4.79 Å². The summed E-state index contributed by atoms with van der Waals surface area (Å²) in [6.45, 7) is 8.45. The van der Waals surface area contributed by atoms with Gasteiger partial charge in [-0.15, -0.1) is 0 Å². The van der Waals surface area contributed by atoms with Gasteiger partial charge in [0, 0.05) is 12.2 Å². The number of likely N-dealkylation sites (N-methyl/N-ethyl adjacent to an activating group) is 1. The fraction of sp³-hybridized carbons (Fsp3) is 0.533. The molecule has 1 amide bonds. The van der Waals surface area contributed by atoms with Crippen LogP contribution < -0.4 is 11.1 Å². The Bertz CT molecular complexity index is 406. The number of anilines is 1. The molecular formula is C15H25N3O. The van der Waals surface area contributed by atoms with Gasteiger partial charge in [0.1, 0.15) is 0 Å². The molecule has 0 heterocycles. The quantitative estimate of drug-likeness (QED) is 0.793. The Balaban J connectivity index is 2.67. The van der Waals surface area contributed by atoms with Crippen LogP contribution in [0.2, 0.25) is 0 Å². The molecule has 0 bridgehead atoms. The van der Waals surface area contributed by atoms with E-state index < -0.39 is 0 Å². The highest BCUT2D eigenvalue weighted by molar-refractivity contribution is 5.94. The molecular weight excluding hydrogens is 238 g/mol. The second-order valence-electron chi connectivity index (χ2n) is 4.70. The molecule has 19 heavy (non-hydrogen) atoms. The summed E-state index contributed by atoms with van der Waals surface area (Å²) in [7, 11) is 0. The van der Waals surface area contributed by atoms with Crippen molar-refractivity contribution in [1.29, 1.82) is 0 Å². The van der Waals surface area contributed by atoms with E-state index in [0.29, 0.717) is 6.54 Å². The Kier molecular flexibility index (Phi) is 6.53. The third-order valence-corrected chi connectivity index (χ3v) is 3.27. The second-order valence-corrected chi connectivity index (χ2v) is 4.70. The van der Waals surface area contributed by atoms with Gasteiger partial charge in [0.05, 0.1) is 6.04 Å². The minimum atomic E-state index is -0.119. The number of hydrogen-bond acceptors (Lipinski definition) is 3. The third-order valence-electron chi connectivity index (χ3n) is 3.27. The molecule has 4 heteroatoms. The van der Waals surface area contributed by atoms with Gasteiger partial charge in [-0.3, -0.25) is 9.69 Å². The van der Waals surface area contributed by atoms with Gasteiger partial charge >= 0.3 is 0 Å². The van der Waals surface area contributed by atoms with E-state index in [9.17, 15) is 4.79 Å². The van der Waals surface area contributed by atoms with Crippen LogP contribution in [0, 0.1) is 0 Å². The number of amides is 1. The van der Waals surface area contributed by atoms with Crippen LogP contribution in [-0.2, 0) is 11.3 Å². The lowest BCUT2D eigenvalue weighted by Crippen LogP contribution is -2.42. The molecule has 1 unspecified atom stereocenters. The number of nitrogens with two attached hydrogens (primary N) is 1. The van der Waals surface area contributed by atoms with Gasteiger partial charge in [-0.2, -0.15) is 0 Å². The molecule has 0 aliphatic heterocycles. The van der Waals surface area contributed by atoms with Crippen molar-refractivity contribution in [3.8, 4) is 0 Å². The van der Waals surface area contributed by atoms with Gasteiger partial charge in [0.25, 0.3) is 0 Å². The normalized spacial score (nSPS) is 12.5. The maximum absolute atomic E-state index is 12.2. The molecule has 0 spiro atoms. The average Bonchev–Trinajstić information content (AvgIpc) is 2.44. The first-order valence-electron chi connectivity index (χ1n) is 6.96. The molecule has 1 atom stereocenters. The molecule has 1 aromatic carbocycles. The summed E-state index contributed by atoms with van der Waals surface area (Å²) in [6, 6.07) is 7.55. The number of nitrogens with one attached hydrogen (secondary N) is 1. The van der Waals surface area contributed by atoms with Crippen molar-refractivity contribution in [3.05, 3.63) is 29.8 Å². The Hall–Kier alpha value is -1.39. The van der Waals surface area contributed by atoms with Crippen LogP contribution in [0.1, 0.15) is 32.8 Å². The van der Waals surface area contributed by atoms with Gasteiger partial charge < -0.3 is 11.1 Å². The fourth-order valence-corrected chi connectivity index (χ4v) is 2.10. The molecule has 0 radical (unpaired) electrons. The van der Waals surface area contributed by atoms with Crippen molar-refractivity contribution in [2.24, 2.45) is 5.73 Å². The largest absolute Gasteiger partial charge is 0.326 e. The lowest BCUT2D eigenvalue weighted by atomic mass is 10.2. The van der Waals surface area contributed by atoms with E-state index in [4.69, 9.17) is 5.73 Å². The van der Waals surface area contributed by atoms with Crippen molar-refractivity contribution in [2.45, 2.75) is 39.8 Å². The standard InChI is InChI=1S/C15H25N3O/c1-4-9-18(5-2)12(3)15(19)17-14-8-6-7-13(10-14)11-16/h6-8,10,12H,4-5,9,11,16H2,1-3H3,(H,17,19). The van der Waals surface area contributed by atoms with Crippen LogP contribution in [0.3, 0.4) is 0 Å². The topological polar surface area (TPSA) is 58.4 Å². The number of nitrogens with zero attached hydrogens (tertiary/aromatic N) is 1. The molecule has 106 valence electrons. The summed E-state index contributed by atoms with van der Waals surface area (Å²) in [6.07, 6.45) is 1.05. The molecule has 1 aromatic rings. The van der Waals surface area contributed by atoms with E-state index >= 15 is 0 Å². The van der Waals surface area contributed by atoms with Gasteiger partial charge in [0.2, 0.25) is 5.91 Å². The first-order valence-corrected chi connectivity index (χ1v) is 6.96. The van der Waals surface area contributed by atoms with Crippen molar-refractivity contribution >= 4 is 11.6 Å². The van der Waals surface area contributed by atoms with Crippen LogP contribution >= 0.6 is 0 Å². The van der Waals surface area contributed by atoms with Crippen LogP contribution in [0.25, 0.3) is 0 Å². The lowest BCUT2D eigenvalue weighted by molar-refractivity contribution is -0.120. The SMILES string of the molecule is CCCN(CC)C(C)C(=O)Nc1cccc(CN)c1. The Morgan fingerprint density at radius 2 is 2.16 bits per heavy atom. The van der Waals surface area contributed by atoms with E-state index in [2.05, 4.69) is 24.1 Å². The predicted molar refractivity (Wildman–Crippen MR) is 80.0 cm³/mol. The molecule has 1 rings (SSSR count). The van der Waals surface area contributed by atoms with Crippen LogP contribution in [0.4, 0.5) is 5.69 Å². The number of benzene rings is 1. The molecule has 0 saturated carbocycles. The molecule has 0 fully saturated rings. The summed E-state index contributed by atoms with van der Waals surface area (Å²) in [4.78, 5) is 14.4. The Morgan fingerprint density at radius 1 is 1.42 bits per heavy atom. The first-order chi connectivity index (χ1) is 9.12. The zero-order valence-electron chi connectivity index (χ0n) is 12.1. The summed E-state index contributed by atoms with van der Waals surface area (Å²) < 4.78 is 0. The Labute approximate surface area is 116 Å². The van der Waals surface area contributed by atoms with Crippen LogP contribution in [0.5, 0.6) is 0 Å². The second kappa shape index (κ2) is 7.92. The zero-order chi connectivity index (χ0) is 14.3. The van der Waals surface area contributed by atoms with Gasteiger partial charge in [-0.25, -0.2) is 0 Å². The molecule has 3 N–H and O–H groups in total. The Morgan fingerprint density at radius 3 is 2.74 bits per heavy atom. The van der Waals surface area contributed by atoms with E-state index in [-0.39, 0.29) is 11.9 Å². The van der Waals surface area contributed by atoms with Crippen molar-refractivity contribution in [2.75, 3.05) is 18.4 Å². The van der Waals surface area contributed by atoms with E-state index in [1.54, 1.807) is 0 Å². The lowest BCUT2D eigenvalue weighted by Gasteiger charge is -2.26. The molecule has 0 aliphatic carbocycles.